The van der Waals surface area contributed by atoms with E-state index in [1.807, 2.05) is 47.0 Å². The first-order valence-corrected chi connectivity index (χ1v) is 9.64. The van der Waals surface area contributed by atoms with Crippen LogP contribution < -0.4 is 10.9 Å². The van der Waals surface area contributed by atoms with Crippen molar-refractivity contribution in [3.63, 3.8) is 0 Å². The molecule has 2 atom stereocenters. The van der Waals surface area contributed by atoms with Gasteiger partial charge in [-0.2, -0.15) is 0 Å². The first kappa shape index (κ1) is 17.9. The van der Waals surface area contributed by atoms with Gasteiger partial charge < -0.3 is 5.32 Å². The summed E-state index contributed by atoms with van der Waals surface area (Å²) >= 11 is 0. The molecule has 27 heavy (non-hydrogen) atoms. The van der Waals surface area contributed by atoms with E-state index in [9.17, 15) is 4.79 Å². The van der Waals surface area contributed by atoms with Gasteiger partial charge in [-0.05, 0) is 31.5 Å². The van der Waals surface area contributed by atoms with Crippen molar-refractivity contribution >= 4 is 10.9 Å². The highest BCUT2D eigenvalue weighted by Crippen LogP contribution is 2.22. The van der Waals surface area contributed by atoms with Crippen molar-refractivity contribution in [2.75, 3.05) is 19.6 Å². The predicted molar refractivity (Wildman–Crippen MR) is 109 cm³/mol. The van der Waals surface area contributed by atoms with Crippen LogP contribution in [0.2, 0.25) is 0 Å². The van der Waals surface area contributed by atoms with Crippen LogP contribution in [0.5, 0.6) is 0 Å². The van der Waals surface area contributed by atoms with Crippen LogP contribution in [0.15, 0.2) is 59.4 Å². The van der Waals surface area contributed by atoms with Gasteiger partial charge in [-0.1, -0.05) is 42.5 Å². The van der Waals surface area contributed by atoms with Gasteiger partial charge in [0.15, 0.2) is 0 Å². The van der Waals surface area contributed by atoms with E-state index in [-0.39, 0.29) is 11.6 Å². The lowest BCUT2D eigenvalue weighted by molar-refractivity contribution is 0.150. The first-order chi connectivity index (χ1) is 13.1. The van der Waals surface area contributed by atoms with Gasteiger partial charge in [0.05, 0.1) is 23.5 Å². The second kappa shape index (κ2) is 7.62. The number of piperazine rings is 1. The van der Waals surface area contributed by atoms with Crippen LogP contribution in [-0.2, 0) is 6.54 Å². The summed E-state index contributed by atoms with van der Waals surface area (Å²) in [6.45, 7) is 7.77. The molecule has 0 radical (unpaired) electrons. The average molecular weight is 362 g/mol. The number of fused-ring (bicyclic) bond motifs is 1. The van der Waals surface area contributed by atoms with Crippen LogP contribution in [0.3, 0.4) is 0 Å². The molecule has 1 saturated heterocycles. The van der Waals surface area contributed by atoms with Crippen molar-refractivity contribution < 1.29 is 0 Å². The zero-order valence-corrected chi connectivity index (χ0v) is 15.9. The summed E-state index contributed by atoms with van der Waals surface area (Å²) < 4.78 is 1.86. The van der Waals surface area contributed by atoms with E-state index in [0.29, 0.717) is 18.0 Å². The molecule has 2 unspecified atom stereocenters. The summed E-state index contributed by atoms with van der Waals surface area (Å²) in [5, 5.41) is 4.16. The summed E-state index contributed by atoms with van der Waals surface area (Å²) in [5.41, 5.74) is 1.92. The Balaban J connectivity index is 1.82. The van der Waals surface area contributed by atoms with Crippen molar-refractivity contribution in [2.24, 2.45) is 0 Å². The van der Waals surface area contributed by atoms with Crippen molar-refractivity contribution in [3.8, 4) is 0 Å². The quantitative estimate of drug-likeness (QED) is 0.775. The van der Waals surface area contributed by atoms with Gasteiger partial charge in [0, 0.05) is 25.7 Å². The number of nitrogens with zero attached hydrogens (tertiary/aromatic N) is 3. The Kier molecular flexibility index (Phi) is 5.05. The van der Waals surface area contributed by atoms with Crippen molar-refractivity contribution in [1.29, 1.82) is 0 Å². The Hall–Kier alpha value is -2.50. The maximum atomic E-state index is 13.3. The number of rotatable bonds is 4. The molecule has 0 saturated carbocycles. The van der Waals surface area contributed by atoms with Crippen LogP contribution in [-0.4, -0.2) is 40.1 Å². The fourth-order valence-electron chi connectivity index (χ4n) is 3.90. The zero-order valence-electron chi connectivity index (χ0n) is 15.9. The third-order valence-electron chi connectivity index (χ3n) is 5.40. The molecular formula is C22H26N4O. The number of para-hydroxylation sites is 1. The topological polar surface area (TPSA) is 50.2 Å². The van der Waals surface area contributed by atoms with E-state index >= 15 is 0 Å². The molecule has 4 rings (SSSR count). The van der Waals surface area contributed by atoms with E-state index in [2.05, 4.69) is 36.2 Å². The highest BCUT2D eigenvalue weighted by molar-refractivity contribution is 5.77. The van der Waals surface area contributed by atoms with Gasteiger partial charge in [0.2, 0.25) is 0 Å². The minimum Gasteiger partial charge on any atom is -0.312 e. The molecule has 0 amide bonds. The van der Waals surface area contributed by atoms with E-state index < -0.39 is 0 Å². The third kappa shape index (κ3) is 3.66. The minimum atomic E-state index is 0.0366. The Morgan fingerprint density at radius 1 is 1.15 bits per heavy atom. The normalized spacial score (nSPS) is 19.3. The van der Waals surface area contributed by atoms with Gasteiger partial charge in [-0.25, -0.2) is 4.98 Å². The molecule has 2 heterocycles. The smallest absolute Gasteiger partial charge is 0.261 e. The average Bonchev–Trinajstić information content (AvgIpc) is 2.70. The summed E-state index contributed by atoms with van der Waals surface area (Å²) in [6.07, 6.45) is 0. The second-order valence-electron chi connectivity index (χ2n) is 7.39. The first-order valence-electron chi connectivity index (χ1n) is 9.64. The Morgan fingerprint density at radius 2 is 1.89 bits per heavy atom. The molecule has 1 aliphatic rings. The molecule has 1 fully saturated rings. The fraction of sp³-hybridized carbons (Fsp3) is 0.364. The van der Waals surface area contributed by atoms with Crippen LogP contribution in [0.4, 0.5) is 0 Å². The van der Waals surface area contributed by atoms with Crippen LogP contribution >= 0.6 is 0 Å². The van der Waals surface area contributed by atoms with Gasteiger partial charge >= 0.3 is 0 Å². The largest absolute Gasteiger partial charge is 0.312 e. The second-order valence-corrected chi connectivity index (χ2v) is 7.39. The van der Waals surface area contributed by atoms with Crippen LogP contribution in [0.1, 0.15) is 31.3 Å². The van der Waals surface area contributed by atoms with E-state index in [1.165, 1.54) is 0 Å². The van der Waals surface area contributed by atoms with E-state index in [1.54, 1.807) is 0 Å². The highest BCUT2D eigenvalue weighted by Gasteiger charge is 2.25. The molecule has 140 valence electrons. The molecule has 1 aliphatic heterocycles. The maximum Gasteiger partial charge on any atom is 0.261 e. The van der Waals surface area contributed by atoms with E-state index in [0.717, 1.165) is 36.5 Å². The van der Waals surface area contributed by atoms with Crippen molar-refractivity contribution in [1.82, 2.24) is 19.8 Å². The SMILES string of the molecule is CC1CN(C(C)c2nc3ccccc3c(=O)n2Cc2ccccc2)CCN1. The lowest BCUT2D eigenvalue weighted by Crippen LogP contribution is -2.50. The lowest BCUT2D eigenvalue weighted by atomic mass is 10.1. The van der Waals surface area contributed by atoms with E-state index in [4.69, 9.17) is 4.98 Å². The highest BCUT2D eigenvalue weighted by atomic mass is 16.1. The maximum absolute atomic E-state index is 13.3. The summed E-state index contributed by atoms with van der Waals surface area (Å²) in [7, 11) is 0. The van der Waals surface area contributed by atoms with Crippen molar-refractivity contribution in [3.05, 3.63) is 76.3 Å². The molecule has 0 bridgehead atoms. The van der Waals surface area contributed by atoms with Crippen LogP contribution in [0.25, 0.3) is 10.9 Å². The molecule has 1 N–H and O–H groups in total. The van der Waals surface area contributed by atoms with Gasteiger partial charge in [-0.3, -0.25) is 14.3 Å². The van der Waals surface area contributed by atoms with Crippen LogP contribution in [0, 0.1) is 0 Å². The molecule has 0 aliphatic carbocycles. The Labute approximate surface area is 159 Å². The monoisotopic (exact) mass is 362 g/mol. The summed E-state index contributed by atoms with van der Waals surface area (Å²) in [4.78, 5) is 20.6. The van der Waals surface area contributed by atoms with Gasteiger partial charge in [0.1, 0.15) is 5.82 Å². The molecule has 3 aromatic rings. The number of hydrogen-bond donors (Lipinski definition) is 1. The van der Waals surface area contributed by atoms with Gasteiger partial charge in [0.25, 0.3) is 5.56 Å². The number of hydrogen-bond acceptors (Lipinski definition) is 4. The predicted octanol–water partition coefficient (Wildman–Crippen LogP) is 2.80. The van der Waals surface area contributed by atoms with Gasteiger partial charge in [-0.15, -0.1) is 0 Å². The Bertz CT molecular complexity index is 983. The standard InChI is InChI=1S/C22H26N4O/c1-16-14-25(13-12-23-16)17(2)21-24-20-11-7-6-10-19(20)22(27)26(21)15-18-8-4-3-5-9-18/h3-11,16-17,23H,12-15H2,1-2H3. The summed E-state index contributed by atoms with van der Waals surface area (Å²) in [5.74, 6) is 0.844. The fourth-order valence-corrected chi connectivity index (χ4v) is 3.90. The molecule has 5 nitrogen and oxygen atoms in total. The lowest BCUT2D eigenvalue weighted by Gasteiger charge is -2.36. The third-order valence-corrected chi connectivity index (χ3v) is 5.40. The molecular weight excluding hydrogens is 336 g/mol. The number of nitrogens with one attached hydrogen (secondary N) is 1. The molecule has 1 aromatic heterocycles. The molecule has 5 heteroatoms. The minimum absolute atomic E-state index is 0.0366. The molecule has 0 spiro atoms. The number of benzene rings is 2. The molecule has 2 aromatic carbocycles. The number of aromatic nitrogens is 2. The Morgan fingerprint density at radius 3 is 2.67 bits per heavy atom. The zero-order chi connectivity index (χ0) is 18.8. The van der Waals surface area contributed by atoms with Crippen molar-refractivity contribution in [2.45, 2.75) is 32.5 Å². The summed E-state index contributed by atoms with van der Waals surface area (Å²) in [6, 6.07) is 18.3.